The van der Waals surface area contributed by atoms with Crippen molar-refractivity contribution in [2.24, 2.45) is 0 Å². The smallest absolute Gasteiger partial charge is 0.312 e. The minimum Gasteiger partial charge on any atom is -0.355 e. The first-order chi connectivity index (χ1) is 11.3. The molecule has 0 radical (unpaired) electrons. The third-order valence-electron chi connectivity index (χ3n) is 3.80. The summed E-state index contributed by atoms with van der Waals surface area (Å²) in [5.74, 6) is -0.121. The van der Waals surface area contributed by atoms with Crippen molar-refractivity contribution in [2.75, 3.05) is 14.1 Å². The number of aryl methyl sites for hydroxylation is 1. The molecule has 0 aliphatic heterocycles. The van der Waals surface area contributed by atoms with Gasteiger partial charge in [-0.25, -0.2) is 4.68 Å². The van der Waals surface area contributed by atoms with Crippen LogP contribution in [-0.2, 0) is 13.2 Å². The van der Waals surface area contributed by atoms with Gasteiger partial charge >= 0.3 is 5.69 Å². The quantitative estimate of drug-likeness (QED) is 0.644. The maximum atomic E-state index is 11.5. The number of rotatable bonds is 6. The molecule has 24 heavy (non-hydrogen) atoms. The summed E-state index contributed by atoms with van der Waals surface area (Å²) in [4.78, 5) is 24.2. The molecule has 0 fully saturated rings. The van der Waals surface area contributed by atoms with E-state index in [1.165, 1.54) is 0 Å². The molecule has 0 saturated carbocycles. The molecule has 0 saturated heterocycles. The molecule has 0 bridgehead atoms. The Morgan fingerprint density at radius 3 is 2.46 bits per heavy atom. The van der Waals surface area contributed by atoms with E-state index in [4.69, 9.17) is 0 Å². The average molecular weight is 331 g/mol. The average Bonchev–Trinajstić information content (AvgIpc) is 2.81. The maximum absolute atomic E-state index is 11.5. The molecule has 1 aromatic carbocycles. The first-order valence-electron chi connectivity index (χ1n) is 7.51. The van der Waals surface area contributed by atoms with Gasteiger partial charge in [0.05, 0.1) is 11.6 Å². The van der Waals surface area contributed by atoms with Crippen molar-refractivity contribution in [2.45, 2.75) is 27.1 Å². The number of nitrogens with one attached hydrogen (secondary N) is 1. The number of aromatic nitrogens is 2. The highest BCUT2D eigenvalue weighted by Gasteiger charge is 2.22. The van der Waals surface area contributed by atoms with Crippen LogP contribution in [0.5, 0.6) is 0 Å². The molecule has 1 amide bonds. The highest BCUT2D eigenvalue weighted by molar-refractivity contribution is 5.93. The topological polar surface area (TPSA) is 93.3 Å². The fourth-order valence-corrected chi connectivity index (χ4v) is 2.59. The minimum absolute atomic E-state index is 0.0679. The van der Waals surface area contributed by atoms with Crippen molar-refractivity contribution >= 4 is 11.6 Å². The lowest BCUT2D eigenvalue weighted by atomic mass is 10.1. The van der Waals surface area contributed by atoms with E-state index in [-0.39, 0.29) is 11.6 Å². The van der Waals surface area contributed by atoms with Crippen molar-refractivity contribution in [3.63, 3.8) is 0 Å². The molecule has 2 aromatic rings. The molecule has 0 aliphatic carbocycles. The predicted molar refractivity (Wildman–Crippen MR) is 89.7 cm³/mol. The third kappa shape index (κ3) is 3.77. The highest BCUT2D eigenvalue weighted by Crippen LogP contribution is 2.22. The van der Waals surface area contributed by atoms with Gasteiger partial charge in [-0.2, -0.15) is 5.10 Å². The fourth-order valence-electron chi connectivity index (χ4n) is 2.59. The molecular formula is C16H21N5O3. The number of hydrogen-bond acceptors (Lipinski definition) is 5. The second-order valence-electron chi connectivity index (χ2n) is 5.71. The van der Waals surface area contributed by atoms with Crippen LogP contribution in [0.15, 0.2) is 24.3 Å². The Labute approximate surface area is 140 Å². The van der Waals surface area contributed by atoms with Crippen molar-refractivity contribution < 1.29 is 9.72 Å². The van der Waals surface area contributed by atoms with Crippen molar-refractivity contribution in [1.82, 2.24) is 20.0 Å². The second kappa shape index (κ2) is 7.22. The second-order valence-corrected chi connectivity index (χ2v) is 5.71. The van der Waals surface area contributed by atoms with Gasteiger partial charge in [-0.15, -0.1) is 0 Å². The van der Waals surface area contributed by atoms with E-state index in [1.807, 2.05) is 24.1 Å². The lowest BCUT2D eigenvalue weighted by Gasteiger charge is -2.17. The number of nitro groups is 1. The van der Waals surface area contributed by atoms with Gasteiger partial charge < -0.3 is 5.32 Å². The summed E-state index contributed by atoms with van der Waals surface area (Å²) in [5, 5.41) is 17.9. The predicted octanol–water partition coefficient (Wildman–Crippen LogP) is 1.86. The van der Waals surface area contributed by atoms with Gasteiger partial charge in [0.2, 0.25) is 0 Å². The summed E-state index contributed by atoms with van der Waals surface area (Å²) in [6.07, 6.45) is 0. The Morgan fingerprint density at radius 2 is 1.96 bits per heavy atom. The Balaban J connectivity index is 2.06. The van der Waals surface area contributed by atoms with Crippen LogP contribution in [0.3, 0.4) is 0 Å². The van der Waals surface area contributed by atoms with Gasteiger partial charge in [0, 0.05) is 19.2 Å². The van der Waals surface area contributed by atoms with Crippen molar-refractivity contribution in [3.05, 3.63) is 56.9 Å². The summed E-state index contributed by atoms with van der Waals surface area (Å²) < 4.78 is 1.63. The molecule has 0 atom stereocenters. The van der Waals surface area contributed by atoms with E-state index >= 15 is 0 Å². The Kier molecular flexibility index (Phi) is 5.30. The van der Waals surface area contributed by atoms with Crippen LogP contribution in [0.2, 0.25) is 0 Å². The highest BCUT2D eigenvalue weighted by atomic mass is 16.6. The van der Waals surface area contributed by atoms with E-state index < -0.39 is 4.92 Å². The Hall–Kier alpha value is -2.74. The van der Waals surface area contributed by atoms with Crippen LogP contribution in [0, 0.1) is 24.0 Å². The minimum atomic E-state index is -0.397. The molecule has 1 heterocycles. The largest absolute Gasteiger partial charge is 0.355 e. The third-order valence-corrected chi connectivity index (χ3v) is 3.80. The van der Waals surface area contributed by atoms with Crippen LogP contribution in [0.1, 0.15) is 27.3 Å². The molecule has 0 unspecified atom stereocenters. The number of amides is 1. The standard InChI is InChI=1S/C16H21N5O3/c1-11-15(21(23)24)12(2)20(18-11)10-19(4)9-13-5-7-14(8-6-13)16(22)17-3/h5-8H,9-10H2,1-4H3,(H,17,22). The van der Waals surface area contributed by atoms with E-state index in [0.717, 1.165) is 5.56 Å². The summed E-state index contributed by atoms with van der Waals surface area (Å²) >= 11 is 0. The summed E-state index contributed by atoms with van der Waals surface area (Å²) in [6, 6.07) is 7.34. The first kappa shape index (κ1) is 17.6. The van der Waals surface area contributed by atoms with Gasteiger partial charge in [-0.3, -0.25) is 19.8 Å². The molecule has 1 N–H and O–H groups in total. The van der Waals surface area contributed by atoms with Gasteiger partial charge in [0.15, 0.2) is 0 Å². The zero-order chi connectivity index (χ0) is 17.9. The lowest BCUT2D eigenvalue weighted by Crippen LogP contribution is -2.23. The summed E-state index contributed by atoms with van der Waals surface area (Å²) in [5.41, 5.74) is 2.68. The van der Waals surface area contributed by atoms with Gasteiger partial charge in [0.25, 0.3) is 5.91 Å². The number of hydrogen-bond donors (Lipinski definition) is 1. The Morgan fingerprint density at radius 1 is 1.33 bits per heavy atom. The summed E-state index contributed by atoms with van der Waals surface area (Å²) in [6.45, 7) is 4.42. The molecule has 2 rings (SSSR count). The zero-order valence-electron chi connectivity index (χ0n) is 14.2. The molecule has 128 valence electrons. The number of nitrogens with zero attached hydrogens (tertiary/aromatic N) is 4. The van der Waals surface area contributed by atoms with Crippen LogP contribution < -0.4 is 5.32 Å². The molecule has 1 aromatic heterocycles. The number of carbonyl (C=O) groups excluding carboxylic acids is 1. The van der Waals surface area contributed by atoms with Crippen molar-refractivity contribution in [3.8, 4) is 0 Å². The normalized spacial score (nSPS) is 10.9. The van der Waals surface area contributed by atoms with E-state index in [0.29, 0.717) is 30.2 Å². The molecular weight excluding hydrogens is 310 g/mol. The fraction of sp³-hybridized carbons (Fsp3) is 0.375. The van der Waals surface area contributed by atoms with Crippen molar-refractivity contribution in [1.29, 1.82) is 0 Å². The SMILES string of the molecule is CNC(=O)c1ccc(CN(C)Cn2nc(C)c([N+](=O)[O-])c2C)cc1. The molecule has 8 heteroatoms. The van der Waals surface area contributed by atoms with Crippen LogP contribution in [0.25, 0.3) is 0 Å². The maximum Gasteiger partial charge on any atom is 0.312 e. The monoisotopic (exact) mass is 331 g/mol. The number of benzene rings is 1. The van der Waals surface area contributed by atoms with Crippen LogP contribution in [-0.4, -0.2) is 39.6 Å². The summed E-state index contributed by atoms with van der Waals surface area (Å²) in [7, 11) is 3.51. The molecule has 0 spiro atoms. The van der Waals surface area contributed by atoms with Crippen LogP contribution in [0.4, 0.5) is 5.69 Å². The zero-order valence-corrected chi connectivity index (χ0v) is 14.2. The van der Waals surface area contributed by atoms with E-state index in [2.05, 4.69) is 10.4 Å². The van der Waals surface area contributed by atoms with E-state index in [1.54, 1.807) is 37.7 Å². The first-order valence-corrected chi connectivity index (χ1v) is 7.51. The van der Waals surface area contributed by atoms with Crippen LogP contribution >= 0.6 is 0 Å². The Bertz CT molecular complexity index is 752. The molecule has 0 aliphatic rings. The number of carbonyl (C=O) groups is 1. The van der Waals surface area contributed by atoms with E-state index in [9.17, 15) is 14.9 Å². The van der Waals surface area contributed by atoms with Gasteiger partial charge in [0.1, 0.15) is 11.4 Å². The van der Waals surface area contributed by atoms with Gasteiger partial charge in [-0.1, -0.05) is 12.1 Å². The van der Waals surface area contributed by atoms with Gasteiger partial charge in [-0.05, 0) is 38.6 Å². The lowest BCUT2D eigenvalue weighted by molar-refractivity contribution is -0.386. The molecule has 8 nitrogen and oxygen atoms in total.